The number of carbonyl (C=O) groups is 1. The summed E-state index contributed by atoms with van der Waals surface area (Å²) in [6.07, 6.45) is 8.20. The Bertz CT molecular complexity index is 471. The largest absolute Gasteiger partial charge is 0.478 e. The summed E-state index contributed by atoms with van der Waals surface area (Å²) in [6, 6.07) is 3.75. The van der Waals surface area contributed by atoms with E-state index >= 15 is 0 Å². The van der Waals surface area contributed by atoms with Crippen molar-refractivity contribution < 1.29 is 9.90 Å². The van der Waals surface area contributed by atoms with E-state index in [1.54, 1.807) is 12.3 Å². The van der Waals surface area contributed by atoms with Crippen molar-refractivity contribution in [3.05, 3.63) is 30.0 Å². The lowest BCUT2D eigenvalue weighted by Crippen LogP contribution is -2.36. The highest BCUT2D eigenvalue weighted by Crippen LogP contribution is 2.26. The number of nitrogens with zero attached hydrogens (tertiary/aromatic N) is 2. The van der Waals surface area contributed by atoms with Gasteiger partial charge in [0.1, 0.15) is 5.82 Å². The molecule has 0 bridgehead atoms. The van der Waals surface area contributed by atoms with Gasteiger partial charge in [0.15, 0.2) is 0 Å². The van der Waals surface area contributed by atoms with Gasteiger partial charge in [0, 0.05) is 30.9 Å². The van der Waals surface area contributed by atoms with Crippen LogP contribution in [0.25, 0.3) is 6.08 Å². The van der Waals surface area contributed by atoms with Crippen LogP contribution in [0.1, 0.15) is 31.7 Å². The van der Waals surface area contributed by atoms with E-state index < -0.39 is 5.97 Å². The van der Waals surface area contributed by atoms with E-state index in [1.807, 2.05) is 12.1 Å². The van der Waals surface area contributed by atoms with Crippen molar-refractivity contribution in [2.24, 2.45) is 5.92 Å². The minimum absolute atomic E-state index is 0.715. The Hall–Kier alpha value is -1.84. The van der Waals surface area contributed by atoms with Crippen molar-refractivity contribution in [1.29, 1.82) is 0 Å². The molecule has 2 heterocycles. The van der Waals surface area contributed by atoms with Crippen LogP contribution in [0, 0.1) is 5.92 Å². The average molecular weight is 260 g/mol. The van der Waals surface area contributed by atoms with Crippen LogP contribution in [-0.2, 0) is 4.79 Å². The van der Waals surface area contributed by atoms with Crippen LogP contribution >= 0.6 is 0 Å². The topological polar surface area (TPSA) is 53.4 Å². The lowest BCUT2D eigenvalue weighted by Gasteiger charge is -2.33. The molecule has 1 atom stereocenters. The van der Waals surface area contributed by atoms with Gasteiger partial charge >= 0.3 is 5.97 Å². The molecule has 4 nitrogen and oxygen atoms in total. The van der Waals surface area contributed by atoms with Crippen molar-refractivity contribution in [1.82, 2.24) is 4.98 Å². The lowest BCUT2D eigenvalue weighted by atomic mass is 9.95. The summed E-state index contributed by atoms with van der Waals surface area (Å²) in [6.45, 7) is 4.24. The Kier molecular flexibility index (Phi) is 4.55. The fraction of sp³-hybridized carbons (Fsp3) is 0.467. The molecule has 1 aromatic heterocycles. The maximum Gasteiger partial charge on any atom is 0.328 e. The van der Waals surface area contributed by atoms with Crippen molar-refractivity contribution in [3.8, 4) is 0 Å². The van der Waals surface area contributed by atoms with E-state index in [2.05, 4.69) is 16.8 Å². The van der Waals surface area contributed by atoms with E-state index in [1.165, 1.54) is 25.3 Å². The van der Waals surface area contributed by atoms with Crippen LogP contribution in [0.15, 0.2) is 24.4 Å². The predicted octanol–water partition coefficient (Wildman–Crippen LogP) is 2.81. The lowest BCUT2D eigenvalue weighted by molar-refractivity contribution is -0.131. The predicted molar refractivity (Wildman–Crippen MR) is 76.1 cm³/mol. The van der Waals surface area contributed by atoms with Crippen molar-refractivity contribution in [2.75, 3.05) is 18.0 Å². The molecule has 19 heavy (non-hydrogen) atoms. The fourth-order valence-electron chi connectivity index (χ4n) is 2.56. The molecule has 1 aliphatic rings. The number of aromatic nitrogens is 1. The van der Waals surface area contributed by atoms with Gasteiger partial charge in [-0.2, -0.15) is 0 Å². The Labute approximate surface area is 113 Å². The number of pyridine rings is 1. The highest BCUT2D eigenvalue weighted by atomic mass is 16.4. The van der Waals surface area contributed by atoms with Gasteiger partial charge in [-0.25, -0.2) is 9.78 Å². The van der Waals surface area contributed by atoms with E-state index in [9.17, 15) is 4.79 Å². The molecule has 0 aromatic carbocycles. The van der Waals surface area contributed by atoms with Gasteiger partial charge in [0.25, 0.3) is 0 Å². The van der Waals surface area contributed by atoms with Crippen LogP contribution in [-0.4, -0.2) is 29.1 Å². The van der Waals surface area contributed by atoms with Gasteiger partial charge in [-0.05, 0) is 37.0 Å². The van der Waals surface area contributed by atoms with Gasteiger partial charge in [0.05, 0.1) is 0 Å². The first-order valence-electron chi connectivity index (χ1n) is 6.81. The number of piperidine rings is 1. The smallest absolute Gasteiger partial charge is 0.328 e. The SMILES string of the molecule is CCC1CCCN(c2ncccc2/C=C/C(=O)O)C1. The second kappa shape index (κ2) is 6.36. The number of aliphatic carboxylic acids is 1. The van der Waals surface area contributed by atoms with E-state index in [0.29, 0.717) is 5.92 Å². The molecule has 0 spiro atoms. The molecule has 0 radical (unpaired) electrons. The standard InChI is InChI=1S/C15H20N2O2/c1-2-12-5-4-10-17(11-12)15-13(6-3-9-16-15)7-8-14(18)19/h3,6-9,12H,2,4-5,10-11H2,1H3,(H,18,19)/b8-7+. The molecule has 1 aromatic rings. The number of rotatable bonds is 4. The summed E-state index contributed by atoms with van der Waals surface area (Å²) in [5.41, 5.74) is 0.877. The molecule has 0 amide bonds. The van der Waals surface area contributed by atoms with Gasteiger partial charge in [-0.1, -0.05) is 13.3 Å². The maximum absolute atomic E-state index is 10.6. The third-order valence-corrected chi connectivity index (χ3v) is 3.62. The minimum atomic E-state index is -0.931. The van der Waals surface area contributed by atoms with E-state index in [0.717, 1.165) is 24.5 Å². The third kappa shape index (κ3) is 3.56. The summed E-state index contributed by atoms with van der Waals surface area (Å²) in [5, 5.41) is 8.74. The van der Waals surface area contributed by atoms with Gasteiger partial charge in [-0.3, -0.25) is 0 Å². The monoisotopic (exact) mass is 260 g/mol. The molecule has 1 unspecified atom stereocenters. The molecule has 1 saturated heterocycles. The van der Waals surface area contributed by atoms with Crippen LogP contribution in [0.2, 0.25) is 0 Å². The zero-order valence-corrected chi connectivity index (χ0v) is 11.2. The Morgan fingerprint density at radius 3 is 3.21 bits per heavy atom. The molecule has 1 N–H and O–H groups in total. The second-order valence-electron chi connectivity index (χ2n) is 4.95. The highest BCUT2D eigenvalue weighted by molar-refractivity contribution is 5.86. The third-order valence-electron chi connectivity index (χ3n) is 3.62. The first-order valence-corrected chi connectivity index (χ1v) is 6.81. The van der Waals surface area contributed by atoms with Gasteiger partial charge in [-0.15, -0.1) is 0 Å². The molecule has 4 heteroatoms. The Balaban J connectivity index is 2.21. The zero-order valence-electron chi connectivity index (χ0n) is 11.2. The average Bonchev–Trinajstić information content (AvgIpc) is 2.45. The van der Waals surface area contributed by atoms with E-state index in [-0.39, 0.29) is 0 Å². The van der Waals surface area contributed by atoms with Crippen LogP contribution in [0.3, 0.4) is 0 Å². The van der Waals surface area contributed by atoms with Gasteiger partial charge < -0.3 is 10.0 Å². The minimum Gasteiger partial charge on any atom is -0.478 e. The zero-order chi connectivity index (χ0) is 13.7. The van der Waals surface area contributed by atoms with E-state index in [4.69, 9.17) is 5.11 Å². The highest BCUT2D eigenvalue weighted by Gasteiger charge is 2.20. The molecule has 1 aliphatic heterocycles. The maximum atomic E-state index is 10.6. The van der Waals surface area contributed by atoms with Crippen LogP contribution in [0.4, 0.5) is 5.82 Å². The summed E-state index contributed by atoms with van der Waals surface area (Å²) < 4.78 is 0. The second-order valence-corrected chi connectivity index (χ2v) is 4.95. The summed E-state index contributed by atoms with van der Waals surface area (Å²) in [4.78, 5) is 17.3. The first kappa shape index (κ1) is 13.6. The quantitative estimate of drug-likeness (QED) is 0.846. The number of hydrogen-bond acceptors (Lipinski definition) is 3. The van der Waals surface area contributed by atoms with Crippen molar-refractivity contribution in [3.63, 3.8) is 0 Å². The van der Waals surface area contributed by atoms with Gasteiger partial charge in [0.2, 0.25) is 0 Å². The fourth-order valence-corrected chi connectivity index (χ4v) is 2.56. The Morgan fingerprint density at radius 1 is 1.63 bits per heavy atom. The molecule has 2 rings (SSSR count). The molecule has 102 valence electrons. The summed E-state index contributed by atoms with van der Waals surface area (Å²) >= 11 is 0. The molecule has 0 saturated carbocycles. The summed E-state index contributed by atoms with van der Waals surface area (Å²) in [5.74, 6) is 0.685. The van der Waals surface area contributed by atoms with Crippen molar-refractivity contribution >= 4 is 17.9 Å². The number of carboxylic acid groups (broad SMARTS) is 1. The van der Waals surface area contributed by atoms with Crippen LogP contribution in [0.5, 0.6) is 0 Å². The first-order chi connectivity index (χ1) is 9.20. The molecular formula is C15H20N2O2. The number of hydrogen-bond donors (Lipinski definition) is 1. The number of anilines is 1. The molecule has 1 fully saturated rings. The summed E-state index contributed by atoms with van der Waals surface area (Å²) in [7, 11) is 0. The molecule has 0 aliphatic carbocycles. The Morgan fingerprint density at radius 2 is 2.47 bits per heavy atom. The molecular weight excluding hydrogens is 240 g/mol. The number of carboxylic acids is 1. The van der Waals surface area contributed by atoms with Crippen LogP contribution < -0.4 is 4.90 Å². The normalized spacial score (nSPS) is 19.8. The van der Waals surface area contributed by atoms with Crippen molar-refractivity contribution in [2.45, 2.75) is 26.2 Å².